The van der Waals surface area contributed by atoms with E-state index in [-0.39, 0.29) is 44.1 Å². The van der Waals surface area contributed by atoms with Crippen molar-refractivity contribution >= 4 is 45.0 Å². The molecule has 0 fully saturated rings. The fourth-order valence-corrected chi connectivity index (χ4v) is 4.79. The number of benzene rings is 2. The number of amides is 2. The van der Waals surface area contributed by atoms with E-state index in [2.05, 4.69) is 24.7 Å². The highest BCUT2D eigenvalue weighted by molar-refractivity contribution is 7.92. The van der Waals surface area contributed by atoms with Gasteiger partial charge in [0.2, 0.25) is 0 Å². The molecule has 2 N–H and O–H groups in total. The number of halogens is 5. The molecule has 16 heteroatoms. The number of alkyl halides is 3. The van der Waals surface area contributed by atoms with E-state index >= 15 is 0 Å². The average molecular weight is 600 g/mol. The van der Waals surface area contributed by atoms with Crippen LogP contribution in [0.4, 0.5) is 39.7 Å². The van der Waals surface area contributed by atoms with Crippen molar-refractivity contribution in [1.29, 1.82) is 0 Å². The van der Waals surface area contributed by atoms with E-state index in [4.69, 9.17) is 16.3 Å². The third-order valence-corrected chi connectivity index (χ3v) is 7.05. The van der Waals surface area contributed by atoms with Crippen molar-refractivity contribution in [3.05, 3.63) is 77.4 Å². The van der Waals surface area contributed by atoms with Crippen LogP contribution in [-0.2, 0) is 16.2 Å². The van der Waals surface area contributed by atoms with Crippen molar-refractivity contribution < 1.29 is 40.0 Å². The summed E-state index contributed by atoms with van der Waals surface area (Å²) in [5.41, 5.74) is -1.39. The van der Waals surface area contributed by atoms with E-state index in [1.807, 2.05) is 0 Å². The summed E-state index contributed by atoms with van der Waals surface area (Å²) in [7, 11) is -1.54. The number of nitrogens with one attached hydrogen (secondary N) is 2. The molecule has 0 saturated carbocycles. The molecule has 2 aromatic carbocycles. The van der Waals surface area contributed by atoms with Crippen LogP contribution < -0.4 is 19.7 Å². The zero-order chi connectivity index (χ0) is 29.2. The molecular weight excluding hydrogens is 582 g/mol. The fourth-order valence-electron chi connectivity index (χ4n) is 3.59. The number of rotatable bonds is 7. The van der Waals surface area contributed by atoms with E-state index < -0.39 is 33.6 Å². The van der Waals surface area contributed by atoms with Crippen LogP contribution in [0.1, 0.15) is 5.56 Å². The Hall–Kier alpha value is -4.37. The Morgan fingerprint density at radius 3 is 2.45 bits per heavy atom. The monoisotopic (exact) mass is 599 g/mol. The van der Waals surface area contributed by atoms with Crippen LogP contribution in [-0.4, -0.2) is 38.7 Å². The molecule has 2 heterocycles. The van der Waals surface area contributed by atoms with Gasteiger partial charge in [-0.1, -0.05) is 16.8 Å². The van der Waals surface area contributed by atoms with Crippen LogP contribution in [0.25, 0.3) is 11.1 Å². The number of methoxy groups -OCH3 is 1. The van der Waals surface area contributed by atoms with Crippen LogP contribution in [0.15, 0.2) is 70.4 Å². The number of ether oxygens (including phenoxy) is 1. The quantitative estimate of drug-likeness (QED) is 0.256. The van der Waals surface area contributed by atoms with Gasteiger partial charge in [0.25, 0.3) is 10.0 Å². The molecule has 2 amide bonds. The lowest BCUT2D eigenvalue weighted by Gasteiger charge is -2.24. The number of sulfonamides is 1. The maximum absolute atomic E-state index is 14.1. The lowest BCUT2D eigenvalue weighted by atomic mass is 10.0. The maximum atomic E-state index is 14.1. The first-order valence-electron chi connectivity index (χ1n) is 11.0. The van der Waals surface area contributed by atoms with Gasteiger partial charge in [-0.2, -0.15) is 13.2 Å². The zero-order valence-corrected chi connectivity index (χ0v) is 22.0. The van der Waals surface area contributed by atoms with Crippen molar-refractivity contribution in [1.82, 2.24) is 15.5 Å². The summed E-state index contributed by atoms with van der Waals surface area (Å²) < 4.78 is 91.2. The highest BCUT2D eigenvalue weighted by Gasteiger charge is 2.32. The Labute approximate surface area is 229 Å². The fraction of sp³-hybridized carbons (Fsp3) is 0.125. The zero-order valence-electron chi connectivity index (χ0n) is 20.5. The summed E-state index contributed by atoms with van der Waals surface area (Å²) in [4.78, 5) is 17.7. The van der Waals surface area contributed by atoms with E-state index in [0.29, 0.717) is 6.07 Å². The van der Waals surface area contributed by atoms with Crippen molar-refractivity contribution in [2.45, 2.75) is 11.1 Å². The van der Waals surface area contributed by atoms with Gasteiger partial charge in [-0.25, -0.2) is 27.5 Å². The van der Waals surface area contributed by atoms with Gasteiger partial charge in [0.05, 0.1) is 23.4 Å². The van der Waals surface area contributed by atoms with Crippen molar-refractivity contribution in [3.63, 3.8) is 0 Å². The molecule has 2 aromatic heterocycles. The summed E-state index contributed by atoms with van der Waals surface area (Å²) in [5.74, 6) is -1.29. The summed E-state index contributed by atoms with van der Waals surface area (Å²) >= 11 is 6.40. The van der Waals surface area contributed by atoms with Crippen LogP contribution in [0, 0.1) is 5.82 Å². The molecule has 0 aliphatic heterocycles. The molecule has 0 aliphatic rings. The van der Waals surface area contributed by atoms with Gasteiger partial charge in [-0.3, -0.25) is 4.72 Å². The smallest absolute Gasteiger partial charge is 0.416 e. The summed E-state index contributed by atoms with van der Waals surface area (Å²) in [6.45, 7) is 0. The maximum Gasteiger partial charge on any atom is 0.416 e. The standard InChI is InChI=1S/C24H18ClF4N5O5S/c1-30-23(35)34(22-4-3-16(12-31-22)40(36,37)33-21-5-6-39-32-21)19-11-18(25)17(10-20(19)38-2)13-7-14(24(27,28)29)9-15(26)8-13/h3-12H,1-2H3,(H,30,35)(H,32,33). The van der Waals surface area contributed by atoms with Crippen molar-refractivity contribution in [2.75, 3.05) is 23.8 Å². The molecular formula is C24H18ClF4N5O5S. The number of anilines is 3. The largest absolute Gasteiger partial charge is 0.495 e. The van der Waals surface area contributed by atoms with Gasteiger partial charge in [-0.05, 0) is 48.0 Å². The highest BCUT2D eigenvalue weighted by atomic mass is 35.5. The van der Waals surface area contributed by atoms with Crippen molar-refractivity contribution in [3.8, 4) is 16.9 Å². The topological polar surface area (TPSA) is 127 Å². The molecule has 210 valence electrons. The number of hydrogen-bond donors (Lipinski definition) is 2. The molecule has 0 unspecified atom stereocenters. The molecule has 0 aliphatic carbocycles. The molecule has 40 heavy (non-hydrogen) atoms. The molecule has 0 bridgehead atoms. The Morgan fingerprint density at radius 1 is 1.12 bits per heavy atom. The molecule has 10 nitrogen and oxygen atoms in total. The normalized spacial score (nSPS) is 11.7. The molecule has 0 atom stereocenters. The van der Waals surface area contributed by atoms with Gasteiger partial charge in [0, 0.05) is 24.9 Å². The lowest BCUT2D eigenvalue weighted by molar-refractivity contribution is -0.137. The highest BCUT2D eigenvalue weighted by Crippen LogP contribution is 2.42. The summed E-state index contributed by atoms with van der Waals surface area (Å²) in [6.07, 6.45) is -2.64. The molecule has 0 radical (unpaired) electrons. The minimum Gasteiger partial charge on any atom is -0.495 e. The minimum atomic E-state index is -4.81. The van der Waals surface area contributed by atoms with Gasteiger partial charge in [0.1, 0.15) is 28.5 Å². The summed E-state index contributed by atoms with van der Waals surface area (Å²) in [6, 6.07) is 7.38. The Morgan fingerprint density at radius 2 is 1.88 bits per heavy atom. The second-order valence-corrected chi connectivity index (χ2v) is 10.1. The second kappa shape index (κ2) is 11.0. The minimum absolute atomic E-state index is 0.00236. The number of hydrogen-bond acceptors (Lipinski definition) is 7. The number of pyridine rings is 1. The first kappa shape index (κ1) is 28.6. The van der Waals surface area contributed by atoms with Crippen molar-refractivity contribution in [2.24, 2.45) is 0 Å². The van der Waals surface area contributed by atoms with E-state index in [1.165, 1.54) is 50.8 Å². The first-order valence-corrected chi connectivity index (χ1v) is 12.9. The Bertz CT molecular complexity index is 1650. The third-order valence-electron chi connectivity index (χ3n) is 5.40. The predicted molar refractivity (Wildman–Crippen MR) is 137 cm³/mol. The van der Waals surface area contributed by atoms with Crippen LogP contribution in [0.3, 0.4) is 0 Å². The number of urea groups is 1. The molecule has 4 aromatic rings. The number of aromatic nitrogens is 2. The SMILES string of the molecule is CNC(=O)N(c1ccc(S(=O)(=O)Nc2ccon2)cn1)c1cc(Cl)c(-c2cc(F)cc(C(F)(F)F)c2)cc1OC. The molecule has 0 saturated heterocycles. The van der Waals surface area contributed by atoms with Crippen LogP contribution >= 0.6 is 11.6 Å². The Kier molecular flexibility index (Phi) is 7.88. The average Bonchev–Trinajstić information content (AvgIpc) is 3.40. The molecule has 4 rings (SSSR count). The van der Waals surface area contributed by atoms with Gasteiger partial charge >= 0.3 is 12.2 Å². The van der Waals surface area contributed by atoms with E-state index in [0.717, 1.165) is 23.2 Å². The van der Waals surface area contributed by atoms with E-state index in [1.54, 1.807) is 0 Å². The molecule has 0 spiro atoms. The second-order valence-electron chi connectivity index (χ2n) is 7.96. The van der Waals surface area contributed by atoms with Gasteiger partial charge < -0.3 is 14.6 Å². The summed E-state index contributed by atoms with van der Waals surface area (Å²) in [5, 5.41) is 5.75. The third kappa shape index (κ3) is 5.94. The van der Waals surface area contributed by atoms with Gasteiger partial charge in [-0.15, -0.1) is 0 Å². The van der Waals surface area contributed by atoms with Gasteiger partial charge in [0.15, 0.2) is 5.82 Å². The van der Waals surface area contributed by atoms with Crippen LogP contribution in [0.2, 0.25) is 5.02 Å². The van der Waals surface area contributed by atoms with Crippen LogP contribution in [0.5, 0.6) is 5.75 Å². The number of nitrogens with zero attached hydrogens (tertiary/aromatic N) is 3. The predicted octanol–water partition coefficient (Wildman–Crippen LogP) is 5.83. The Balaban J connectivity index is 1.77. The number of carbonyl (C=O) groups is 1. The lowest BCUT2D eigenvalue weighted by Crippen LogP contribution is -2.35. The number of carbonyl (C=O) groups excluding carboxylic acids is 1. The van der Waals surface area contributed by atoms with E-state index in [9.17, 15) is 30.8 Å². The first-order chi connectivity index (χ1) is 18.8.